The van der Waals surface area contributed by atoms with Gasteiger partial charge in [-0.2, -0.15) is 0 Å². The first-order chi connectivity index (χ1) is 12.8. The maximum Gasteiger partial charge on any atom is 0.191 e. The Hall–Kier alpha value is -1.35. The van der Waals surface area contributed by atoms with Gasteiger partial charge in [0.05, 0.1) is 5.69 Å². The summed E-state index contributed by atoms with van der Waals surface area (Å²) in [5.74, 6) is 0.874. The predicted molar refractivity (Wildman–Crippen MR) is 123 cm³/mol. The summed E-state index contributed by atoms with van der Waals surface area (Å²) in [7, 11) is 1.83. The molecule has 2 aromatic rings. The Balaban J connectivity index is 0.00000261. The molecule has 0 bridgehead atoms. The number of hydrogen-bond acceptors (Lipinski definition) is 3. The summed E-state index contributed by atoms with van der Waals surface area (Å²) in [6, 6.07) is 6.83. The summed E-state index contributed by atoms with van der Waals surface area (Å²) in [5.41, 5.74) is 2.09. The van der Waals surface area contributed by atoms with E-state index in [9.17, 15) is 0 Å². The first kappa shape index (κ1) is 21.9. The predicted octanol–water partition coefficient (Wildman–Crippen LogP) is 2.92. The molecule has 0 aliphatic carbocycles. The summed E-state index contributed by atoms with van der Waals surface area (Å²) < 4.78 is 2.06. The Bertz CT molecular complexity index is 680. The van der Waals surface area contributed by atoms with Gasteiger partial charge in [0.25, 0.3) is 0 Å². The van der Waals surface area contributed by atoms with Gasteiger partial charge in [0.2, 0.25) is 0 Å². The number of imidazole rings is 1. The normalized spacial score (nSPS) is 18.3. The highest BCUT2D eigenvalue weighted by atomic mass is 127. The van der Waals surface area contributed by atoms with E-state index in [1.54, 1.807) is 0 Å². The topological polar surface area (TPSA) is 57.0 Å². The number of fused-ring (bicyclic) bond motifs is 1. The van der Waals surface area contributed by atoms with Crippen molar-refractivity contribution >= 4 is 35.6 Å². The van der Waals surface area contributed by atoms with Crippen LogP contribution in [0.3, 0.4) is 0 Å². The fourth-order valence-electron chi connectivity index (χ4n) is 3.77. The highest BCUT2D eigenvalue weighted by Crippen LogP contribution is 2.18. The van der Waals surface area contributed by atoms with E-state index < -0.39 is 0 Å². The first-order valence-electron chi connectivity index (χ1n) is 9.91. The minimum Gasteiger partial charge on any atom is -0.356 e. The van der Waals surface area contributed by atoms with Crippen molar-refractivity contribution in [3.05, 3.63) is 36.3 Å². The van der Waals surface area contributed by atoms with Crippen molar-refractivity contribution in [3.63, 3.8) is 0 Å². The Morgan fingerprint density at radius 2 is 2.11 bits per heavy atom. The average Bonchev–Trinajstić information content (AvgIpc) is 3.10. The molecular weight excluding hydrogens is 451 g/mol. The van der Waals surface area contributed by atoms with Gasteiger partial charge >= 0.3 is 0 Å². The minimum absolute atomic E-state index is 0. The number of pyridine rings is 1. The standard InChI is InChI=1S/C20H32N6.HI/c1-3-18-8-4-6-13-25(18)15-12-23-20(21-2)22-11-10-17-16-26-14-7-5-9-19(26)24-17;/h5,7,9,14,16,18H,3-4,6,8,10-13,15H2,1-2H3,(H2,21,22,23);1H. The van der Waals surface area contributed by atoms with E-state index in [1.807, 2.05) is 31.4 Å². The lowest BCUT2D eigenvalue weighted by molar-refractivity contribution is 0.147. The van der Waals surface area contributed by atoms with Crippen LogP contribution in [0.25, 0.3) is 5.65 Å². The fourth-order valence-corrected chi connectivity index (χ4v) is 3.77. The monoisotopic (exact) mass is 484 g/mol. The molecule has 27 heavy (non-hydrogen) atoms. The fraction of sp³-hybridized carbons (Fsp3) is 0.600. The molecule has 1 aliphatic heterocycles. The molecule has 3 heterocycles. The number of aromatic nitrogens is 2. The Kier molecular flexibility index (Phi) is 9.33. The van der Waals surface area contributed by atoms with Crippen molar-refractivity contribution in [3.8, 4) is 0 Å². The molecule has 0 saturated carbocycles. The summed E-state index contributed by atoms with van der Waals surface area (Å²) in [6.07, 6.45) is 10.3. The second-order valence-electron chi connectivity index (χ2n) is 6.97. The van der Waals surface area contributed by atoms with Crippen LogP contribution in [0.1, 0.15) is 38.3 Å². The number of rotatable bonds is 7. The molecule has 6 nitrogen and oxygen atoms in total. The molecule has 1 aliphatic rings. The number of likely N-dealkylation sites (tertiary alicyclic amines) is 1. The van der Waals surface area contributed by atoms with E-state index in [4.69, 9.17) is 0 Å². The van der Waals surface area contributed by atoms with E-state index in [1.165, 1.54) is 32.2 Å². The SMILES string of the molecule is CCC1CCCCN1CCNC(=NC)NCCc1cn2ccccc2n1.I. The third-order valence-corrected chi connectivity index (χ3v) is 5.22. The Morgan fingerprint density at radius 1 is 1.26 bits per heavy atom. The summed E-state index contributed by atoms with van der Waals surface area (Å²) in [6.45, 7) is 6.39. The van der Waals surface area contributed by atoms with Gasteiger partial charge in [0.15, 0.2) is 5.96 Å². The van der Waals surface area contributed by atoms with Gasteiger partial charge in [-0.15, -0.1) is 24.0 Å². The maximum atomic E-state index is 4.63. The van der Waals surface area contributed by atoms with Crippen LogP contribution in [-0.4, -0.2) is 59.5 Å². The highest BCUT2D eigenvalue weighted by molar-refractivity contribution is 14.0. The van der Waals surface area contributed by atoms with Gasteiger partial charge in [-0.1, -0.05) is 19.4 Å². The van der Waals surface area contributed by atoms with Gasteiger partial charge in [-0.05, 0) is 37.9 Å². The highest BCUT2D eigenvalue weighted by Gasteiger charge is 2.19. The average molecular weight is 484 g/mol. The van der Waals surface area contributed by atoms with E-state index in [-0.39, 0.29) is 24.0 Å². The number of nitrogens with zero attached hydrogens (tertiary/aromatic N) is 4. The molecule has 2 aromatic heterocycles. The summed E-state index contributed by atoms with van der Waals surface area (Å²) in [4.78, 5) is 11.6. The van der Waals surface area contributed by atoms with Crippen LogP contribution in [-0.2, 0) is 6.42 Å². The van der Waals surface area contributed by atoms with Gasteiger partial charge < -0.3 is 15.0 Å². The lowest BCUT2D eigenvalue weighted by Crippen LogP contribution is -2.46. The van der Waals surface area contributed by atoms with Crippen LogP contribution < -0.4 is 10.6 Å². The lowest BCUT2D eigenvalue weighted by atomic mass is 10.0. The van der Waals surface area contributed by atoms with Crippen molar-refractivity contribution in [1.29, 1.82) is 0 Å². The zero-order valence-corrected chi connectivity index (χ0v) is 18.9. The molecule has 2 N–H and O–H groups in total. The van der Waals surface area contributed by atoms with Crippen molar-refractivity contribution in [2.24, 2.45) is 4.99 Å². The molecule has 0 amide bonds. The first-order valence-corrected chi connectivity index (χ1v) is 9.91. The van der Waals surface area contributed by atoms with Gasteiger partial charge in [-0.3, -0.25) is 9.89 Å². The molecule has 7 heteroatoms. The van der Waals surface area contributed by atoms with Crippen LogP contribution in [0.4, 0.5) is 0 Å². The second kappa shape index (κ2) is 11.5. The summed E-state index contributed by atoms with van der Waals surface area (Å²) in [5, 5.41) is 6.84. The molecule has 150 valence electrons. The lowest BCUT2D eigenvalue weighted by Gasteiger charge is -2.35. The van der Waals surface area contributed by atoms with Crippen molar-refractivity contribution < 1.29 is 0 Å². The van der Waals surface area contributed by atoms with Gasteiger partial charge in [0, 0.05) is 51.5 Å². The largest absolute Gasteiger partial charge is 0.356 e. The number of nitrogens with one attached hydrogen (secondary N) is 2. The van der Waals surface area contributed by atoms with Crippen molar-refractivity contribution in [2.75, 3.05) is 33.2 Å². The second-order valence-corrected chi connectivity index (χ2v) is 6.97. The van der Waals surface area contributed by atoms with Crippen LogP contribution in [0.2, 0.25) is 0 Å². The number of aliphatic imine (C=N–C) groups is 1. The number of guanidine groups is 1. The third-order valence-electron chi connectivity index (χ3n) is 5.22. The molecule has 1 atom stereocenters. The van der Waals surface area contributed by atoms with E-state index in [0.717, 1.165) is 49.4 Å². The molecule has 3 rings (SSSR count). The van der Waals surface area contributed by atoms with Crippen LogP contribution in [0.5, 0.6) is 0 Å². The molecule has 0 radical (unpaired) electrons. The van der Waals surface area contributed by atoms with Crippen LogP contribution in [0.15, 0.2) is 35.6 Å². The molecule has 0 aromatic carbocycles. The Morgan fingerprint density at radius 3 is 2.89 bits per heavy atom. The number of halogens is 1. The molecular formula is C20H33IN6. The molecule has 1 unspecified atom stereocenters. The van der Waals surface area contributed by atoms with Crippen molar-refractivity contribution in [2.45, 2.75) is 45.1 Å². The minimum atomic E-state index is 0. The van der Waals surface area contributed by atoms with Crippen molar-refractivity contribution in [1.82, 2.24) is 24.9 Å². The number of hydrogen-bond donors (Lipinski definition) is 2. The van der Waals surface area contributed by atoms with Gasteiger partial charge in [-0.25, -0.2) is 4.98 Å². The van der Waals surface area contributed by atoms with E-state index in [2.05, 4.69) is 43.0 Å². The van der Waals surface area contributed by atoms with E-state index >= 15 is 0 Å². The quantitative estimate of drug-likeness (QED) is 0.361. The molecule has 1 saturated heterocycles. The van der Waals surface area contributed by atoms with E-state index in [0.29, 0.717) is 0 Å². The van der Waals surface area contributed by atoms with Gasteiger partial charge in [0.1, 0.15) is 5.65 Å². The van der Waals surface area contributed by atoms with Crippen LogP contribution in [0, 0.1) is 0 Å². The zero-order valence-electron chi connectivity index (χ0n) is 16.5. The van der Waals surface area contributed by atoms with Crippen LogP contribution >= 0.6 is 24.0 Å². The summed E-state index contributed by atoms with van der Waals surface area (Å²) >= 11 is 0. The Labute approximate surface area is 179 Å². The molecule has 1 fully saturated rings. The maximum absolute atomic E-state index is 4.63. The smallest absolute Gasteiger partial charge is 0.191 e. The number of piperidine rings is 1. The molecule has 0 spiro atoms. The third kappa shape index (κ3) is 6.34. The zero-order chi connectivity index (χ0) is 18.2.